The fourth-order valence-electron chi connectivity index (χ4n) is 3.39. The zero-order chi connectivity index (χ0) is 14.0. The van der Waals surface area contributed by atoms with Gasteiger partial charge in [-0.1, -0.05) is 13.8 Å². The maximum Gasteiger partial charge on any atom is 0.0766 e. The molecule has 0 amide bonds. The van der Waals surface area contributed by atoms with Gasteiger partial charge in [0, 0.05) is 13.1 Å². The van der Waals surface area contributed by atoms with Gasteiger partial charge in [-0.25, -0.2) is 0 Å². The Hall–Kier alpha value is -0.350. The molecule has 0 radical (unpaired) electrons. The van der Waals surface area contributed by atoms with Crippen molar-refractivity contribution in [3.8, 4) is 0 Å². The van der Waals surface area contributed by atoms with E-state index in [0.717, 1.165) is 24.7 Å². The van der Waals surface area contributed by atoms with E-state index in [0.29, 0.717) is 6.04 Å². The maximum absolute atomic E-state index is 4.61. The highest BCUT2D eigenvalue weighted by atomic mass is 79.9. The van der Waals surface area contributed by atoms with Crippen LogP contribution in [0.4, 0.5) is 0 Å². The number of hydrogen-bond donors (Lipinski definition) is 1. The molecule has 108 valence electrons. The van der Waals surface area contributed by atoms with E-state index >= 15 is 0 Å². The van der Waals surface area contributed by atoms with Crippen LogP contribution in [0.3, 0.4) is 0 Å². The Balaban J connectivity index is 2.16. The van der Waals surface area contributed by atoms with E-state index in [4.69, 9.17) is 0 Å². The Morgan fingerprint density at radius 2 is 2.16 bits per heavy atom. The van der Waals surface area contributed by atoms with E-state index in [2.05, 4.69) is 59.0 Å². The quantitative estimate of drug-likeness (QED) is 0.919. The predicted octanol–water partition coefficient (Wildman–Crippen LogP) is 3.31. The molecule has 4 heteroatoms. The molecule has 1 saturated carbocycles. The predicted molar refractivity (Wildman–Crippen MR) is 83.3 cm³/mol. The van der Waals surface area contributed by atoms with Crippen molar-refractivity contribution in [3.05, 3.63) is 15.9 Å². The molecule has 0 aromatic carbocycles. The lowest BCUT2D eigenvalue weighted by Gasteiger charge is -2.34. The van der Waals surface area contributed by atoms with Crippen LogP contribution in [0, 0.1) is 11.8 Å². The molecule has 0 bridgehead atoms. The molecule has 1 heterocycles. The Kier molecular flexibility index (Phi) is 5.07. The van der Waals surface area contributed by atoms with Crippen LogP contribution in [-0.4, -0.2) is 22.9 Å². The lowest BCUT2D eigenvalue weighted by atomic mass is 9.76. The summed E-state index contributed by atoms with van der Waals surface area (Å²) in [4.78, 5) is 0. The van der Waals surface area contributed by atoms with Gasteiger partial charge in [0.25, 0.3) is 0 Å². The van der Waals surface area contributed by atoms with Crippen LogP contribution in [0.5, 0.6) is 0 Å². The molecule has 0 saturated heterocycles. The molecule has 1 N–H and O–H groups in total. The zero-order valence-electron chi connectivity index (χ0n) is 12.5. The van der Waals surface area contributed by atoms with Crippen LogP contribution in [0.2, 0.25) is 0 Å². The number of aryl methyl sites for hydroxylation is 2. The molecule has 19 heavy (non-hydrogen) atoms. The van der Waals surface area contributed by atoms with Gasteiger partial charge in [0.1, 0.15) is 0 Å². The fraction of sp³-hybridized carbons (Fsp3) is 0.800. The SMILES string of the molecule is CCc1nn(C)c(CC2CC(C)CCC2NC)c1Br. The van der Waals surface area contributed by atoms with Gasteiger partial charge in [0.15, 0.2) is 0 Å². The van der Waals surface area contributed by atoms with Gasteiger partial charge in [0.05, 0.1) is 15.9 Å². The number of hydrogen-bond acceptors (Lipinski definition) is 2. The molecule has 0 spiro atoms. The van der Waals surface area contributed by atoms with Gasteiger partial charge < -0.3 is 5.32 Å². The van der Waals surface area contributed by atoms with Crippen molar-refractivity contribution < 1.29 is 0 Å². The van der Waals surface area contributed by atoms with E-state index in [-0.39, 0.29) is 0 Å². The molecule has 3 unspecified atom stereocenters. The molecule has 1 aromatic rings. The Labute approximate surface area is 125 Å². The lowest BCUT2D eigenvalue weighted by molar-refractivity contribution is 0.217. The Bertz CT molecular complexity index is 427. The molecule has 2 rings (SSSR count). The fourth-order valence-corrected chi connectivity index (χ4v) is 4.17. The highest BCUT2D eigenvalue weighted by Crippen LogP contribution is 2.33. The third-order valence-electron chi connectivity index (χ3n) is 4.57. The summed E-state index contributed by atoms with van der Waals surface area (Å²) in [6.07, 6.45) is 6.10. The molecule has 3 nitrogen and oxygen atoms in total. The number of aromatic nitrogens is 2. The minimum atomic E-state index is 0.656. The van der Waals surface area contributed by atoms with Crippen molar-refractivity contribution in [2.75, 3.05) is 7.05 Å². The van der Waals surface area contributed by atoms with Crippen molar-refractivity contribution >= 4 is 15.9 Å². The average Bonchev–Trinajstić information content (AvgIpc) is 2.66. The van der Waals surface area contributed by atoms with E-state index in [9.17, 15) is 0 Å². The summed E-state index contributed by atoms with van der Waals surface area (Å²) < 4.78 is 3.29. The van der Waals surface area contributed by atoms with Gasteiger partial charge in [0.2, 0.25) is 0 Å². The van der Waals surface area contributed by atoms with E-state index in [1.807, 2.05) is 0 Å². The first-order chi connectivity index (χ1) is 9.06. The number of rotatable bonds is 4. The second-order valence-electron chi connectivity index (χ2n) is 5.96. The summed E-state index contributed by atoms with van der Waals surface area (Å²) in [6.45, 7) is 4.55. The van der Waals surface area contributed by atoms with Crippen molar-refractivity contribution in [2.24, 2.45) is 18.9 Å². The van der Waals surface area contributed by atoms with Gasteiger partial charge in [-0.2, -0.15) is 5.10 Å². The summed E-state index contributed by atoms with van der Waals surface area (Å²) in [5, 5.41) is 8.12. The average molecular weight is 328 g/mol. The molecule has 3 atom stereocenters. The zero-order valence-corrected chi connectivity index (χ0v) is 14.1. The van der Waals surface area contributed by atoms with Crippen LogP contribution in [0.15, 0.2) is 4.47 Å². The maximum atomic E-state index is 4.61. The van der Waals surface area contributed by atoms with Gasteiger partial charge in [-0.05, 0) is 66.9 Å². The van der Waals surface area contributed by atoms with Crippen LogP contribution in [0.25, 0.3) is 0 Å². The molecule has 1 aromatic heterocycles. The largest absolute Gasteiger partial charge is 0.317 e. The second kappa shape index (κ2) is 6.40. The first-order valence-electron chi connectivity index (χ1n) is 7.44. The van der Waals surface area contributed by atoms with Gasteiger partial charge >= 0.3 is 0 Å². The summed E-state index contributed by atoms with van der Waals surface area (Å²) in [5.74, 6) is 1.58. The standard InChI is InChI=1S/C15H26BrN3/c1-5-12-15(16)14(19(4)18-12)9-11-8-10(2)6-7-13(11)17-3/h10-11,13,17H,5-9H2,1-4H3. The minimum Gasteiger partial charge on any atom is -0.317 e. The molecular weight excluding hydrogens is 302 g/mol. The van der Waals surface area contributed by atoms with Crippen LogP contribution in [0.1, 0.15) is 44.5 Å². The second-order valence-corrected chi connectivity index (χ2v) is 6.76. The van der Waals surface area contributed by atoms with E-state index in [1.54, 1.807) is 0 Å². The van der Waals surface area contributed by atoms with Crippen molar-refractivity contribution in [1.29, 1.82) is 0 Å². The number of halogens is 1. The third-order valence-corrected chi connectivity index (χ3v) is 5.49. The first kappa shape index (κ1) is 15.0. The highest BCUT2D eigenvalue weighted by molar-refractivity contribution is 9.10. The van der Waals surface area contributed by atoms with Crippen LogP contribution in [-0.2, 0) is 19.9 Å². The number of nitrogens with zero attached hydrogens (tertiary/aromatic N) is 2. The monoisotopic (exact) mass is 327 g/mol. The smallest absolute Gasteiger partial charge is 0.0766 e. The Morgan fingerprint density at radius 1 is 1.42 bits per heavy atom. The molecular formula is C15H26BrN3. The summed E-state index contributed by atoms with van der Waals surface area (Å²) >= 11 is 3.74. The molecule has 1 aliphatic carbocycles. The van der Waals surface area contributed by atoms with Crippen molar-refractivity contribution in [3.63, 3.8) is 0 Å². The first-order valence-corrected chi connectivity index (χ1v) is 8.23. The van der Waals surface area contributed by atoms with E-state index < -0.39 is 0 Å². The topological polar surface area (TPSA) is 29.9 Å². The number of nitrogens with one attached hydrogen (secondary N) is 1. The van der Waals surface area contributed by atoms with Crippen molar-refractivity contribution in [2.45, 2.75) is 52.0 Å². The Morgan fingerprint density at radius 3 is 2.74 bits per heavy atom. The normalized spacial score (nSPS) is 27.7. The molecule has 0 aliphatic heterocycles. The summed E-state index contributed by atoms with van der Waals surface area (Å²) in [7, 11) is 4.17. The van der Waals surface area contributed by atoms with E-state index in [1.165, 1.54) is 35.1 Å². The molecule has 1 fully saturated rings. The highest BCUT2D eigenvalue weighted by Gasteiger charge is 2.29. The molecule has 1 aliphatic rings. The summed E-state index contributed by atoms with van der Waals surface area (Å²) in [6, 6.07) is 0.656. The lowest BCUT2D eigenvalue weighted by Crippen LogP contribution is -2.39. The van der Waals surface area contributed by atoms with Crippen molar-refractivity contribution in [1.82, 2.24) is 15.1 Å². The van der Waals surface area contributed by atoms with Crippen LogP contribution < -0.4 is 5.32 Å². The van der Waals surface area contributed by atoms with Gasteiger partial charge in [-0.15, -0.1) is 0 Å². The van der Waals surface area contributed by atoms with Crippen LogP contribution >= 0.6 is 15.9 Å². The summed E-state index contributed by atoms with van der Waals surface area (Å²) in [5.41, 5.74) is 2.54. The minimum absolute atomic E-state index is 0.656. The van der Waals surface area contributed by atoms with Gasteiger partial charge in [-0.3, -0.25) is 4.68 Å². The third kappa shape index (κ3) is 3.22.